The van der Waals surface area contributed by atoms with Gasteiger partial charge in [-0.25, -0.2) is 4.98 Å². The molecule has 0 aliphatic carbocycles. The van der Waals surface area contributed by atoms with Gasteiger partial charge in [-0.3, -0.25) is 9.36 Å². The second-order valence-electron chi connectivity index (χ2n) is 4.22. The predicted molar refractivity (Wildman–Crippen MR) is 58.8 cm³/mol. The molecule has 1 aliphatic rings. The minimum atomic E-state index is -0.813. The Hall–Kier alpha value is -1.64. The highest BCUT2D eigenvalue weighted by atomic mass is 16.5. The Balaban J connectivity index is 2.05. The number of carbonyl (C=O) groups is 1. The van der Waals surface area contributed by atoms with E-state index in [1.165, 1.54) is 10.9 Å². The van der Waals surface area contributed by atoms with Crippen LogP contribution in [0.1, 0.15) is 16.9 Å². The molecular formula is C10H15N3O5. The maximum atomic E-state index is 10.9. The van der Waals surface area contributed by atoms with Crippen molar-refractivity contribution < 1.29 is 24.9 Å². The van der Waals surface area contributed by atoms with Gasteiger partial charge in [-0.2, -0.15) is 0 Å². The van der Waals surface area contributed by atoms with E-state index < -0.39 is 18.1 Å². The van der Waals surface area contributed by atoms with Gasteiger partial charge in [0.25, 0.3) is 5.91 Å². The molecule has 1 aromatic heterocycles. The smallest absolute Gasteiger partial charge is 0.272 e. The molecule has 2 rings (SSSR count). The molecule has 3 unspecified atom stereocenters. The monoisotopic (exact) mass is 257 g/mol. The number of hydrogen-bond donors (Lipinski definition) is 4. The minimum absolute atomic E-state index is 0.202. The molecule has 0 bridgehead atoms. The van der Waals surface area contributed by atoms with Gasteiger partial charge in [-0.05, 0) is 0 Å². The van der Waals surface area contributed by atoms with Crippen molar-refractivity contribution >= 4 is 5.91 Å². The van der Waals surface area contributed by atoms with Crippen molar-refractivity contribution in [2.75, 3.05) is 6.61 Å². The average Bonchev–Trinajstić information content (AvgIpc) is 2.84. The largest absolute Gasteiger partial charge is 0.493 e. The number of aliphatic hydroxyl groups excluding tert-OH is 2. The fourth-order valence-corrected chi connectivity index (χ4v) is 2.00. The molecule has 8 heteroatoms. The Bertz CT molecular complexity index is 447. The van der Waals surface area contributed by atoms with Gasteiger partial charge in [0.2, 0.25) is 5.88 Å². The zero-order valence-corrected chi connectivity index (χ0v) is 9.56. The maximum absolute atomic E-state index is 10.9. The van der Waals surface area contributed by atoms with Crippen molar-refractivity contribution in [3.63, 3.8) is 0 Å². The van der Waals surface area contributed by atoms with Crippen LogP contribution in [-0.2, 0) is 11.3 Å². The number of nitrogens with zero attached hydrogens (tertiary/aromatic N) is 2. The summed E-state index contributed by atoms with van der Waals surface area (Å²) in [6.07, 6.45) is -0.0952. The molecule has 1 aromatic rings. The SMILES string of the molecule is NC(=O)c1ncn(CC2CC(O)C(CO)O2)c1O. The van der Waals surface area contributed by atoms with E-state index in [0.717, 1.165) is 0 Å². The lowest BCUT2D eigenvalue weighted by atomic mass is 10.1. The Kier molecular flexibility index (Phi) is 3.50. The second-order valence-corrected chi connectivity index (χ2v) is 4.22. The molecule has 0 saturated carbocycles. The van der Waals surface area contributed by atoms with Gasteiger partial charge < -0.3 is 25.8 Å². The Labute approximate surface area is 103 Å². The summed E-state index contributed by atoms with van der Waals surface area (Å²) >= 11 is 0. The number of carbonyl (C=O) groups excluding carboxylic acids is 1. The Morgan fingerprint density at radius 2 is 2.39 bits per heavy atom. The molecule has 1 aliphatic heterocycles. The van der Waals surface area contributed by atoms with E-state index in [4.69, 9.17) is 15.6 Å². The van der Waals surface area contributed by atoms with Crippen molar-refractivity contribution in [1.82, 2.24) is 9.55 Å². The number of aliphatic hydroxyl groups is 2. The van der Waals surface area contributed by atoms with Gasteiger partial charge in [0.15, 0.2) is 5.69 Å². The number of hydrogen-bond acceptors (Lipinski definition) is 6. The fraction of sp³-hybridized carbons (Fsp3) is 0.600. The predicted octanol–water partition coefficient (Wildman–Crippen LogP) is -1.80. The second kappa shape index (κ2) is 4.92. The van der Waals surface area contributed by atoms with Crippen LogP contribution in [0.5, 0.6) is 5.88 Å². The van der Waals surface area contributed by atoms with Crippen LogP contribution in [0.2, 0.25) is 0 Å². The van der Waals surface area contributed by atoms with Crippen molar-refractivity contribution in [3.05, 3.63) is 12.0 Å². The van der Waals surface area contributed by atoms with Gasteiger partial charge in [0.05, 0.1) is 31.7 Å². The lowest BCUT2D eigenvalue weighted by Crippen LogP contribution is -2.24. The number of nitrogens with two attached hydrogens (primary N) is 1. The van der Waals surface area contributed by atoms with Crippen LogP contribution in [-0.4, -0.2) is 55.7 Å². The summed E-state index contributed by atoms with van der Waals surface area (Å²) in [5.74, 6) is -1.14. The highest BCUT2D eigenvalue weighted by Crippen LogP contribution is 2.24. The molecule has 1 saturated heterocycles. The van der Waals surface area contributed by atoms with Gasteiger partial charge >= 0.3 is 0 Å². The molecule has 0 aromatic carbocycles. The number of primary amides is 1. The summed E-state index contributed by atoms with van der Waals surface area (Å²) in [4.78, 5) is 14.6. The number of aromatic nitrogens is 2. The molecule has 3 atom stereocenters. The van der Waals surface area contributed by atoms with E-state index in [9.17, 15) is 15.0 Å². The topological polar surface area (TPSA) is 131 Å². The van der Waals surface area contributed by atoms with Crippen molar-refractivity contribution in [2.45, 2.75) is 31.3 Å². The zero-order chi connectivity index (χ0) is 13.3. The van der Waals surface area contributed by atoms with E-state index in [2.05, 4.69) is 4.98 Å². The highest BCUT2D eigenvalue weighted by Gasteiger charge is 2.34. The number of imidazole rings is 1. The standard InChI is InChI=1S/C10H15N3O5/c11-9(16)8-10(17)13(4-12-8)2-5-1-6(15)7(3-14)18-5/h4-7,14-15,17H,1-3H2,(H2,11,16). The van der Waals surface area contributed by atoms with Crippen LogP contribution in [0.3, 0.4) is 0 Å². The first-order valence-corrected chi connectivity index (χ1v) is 5.51. The average molecular weight is 257 g/mol. The summed E-state index contributed by atoms with van der Waals surface area (Å²) in [5, 5.41) is 28.2. The van der Waals surface area contributed by atoms with Gasteiger partial charge in [0, 0.05) is 6.42 Å². The van der Waals surface area contributed by atoms with Crippen LogP contribution < -0.4 is 5.73 Å². The van der Waals surface area contributed by atoms with Gasteiger partial charge in [0.1, 0.15) is 6.10 Å². The number of rotatable bonds is 4. The molecular weight excluding hydrogens is 242 g/mol. The van der Waals surface area contributed by atoms with Crippen LogP contribution >= 0.6 is 0 Å². The summed E-state index contributed by atoms with van der Waals surface area (Å²) in [6.45, 7) is -0.0419. The van der Waals surface area contributed by atoms with E-state index >= 15 is 0 Å². The third-order valence-corrected chi connectivity index (χ3v) is 2.92. The van der Waals surface area contributed by atoms with Crippen LogP contribution in [0.4, 0.5) is 0 Å². The minimum Gasteiger partial charge on any atom is -0.493 e. The highest BCUT2D eigenvalue weighted by molar-refractivity contribution is 5.92. The Morgan fingerprint density at radius 1 is 1.67 bits per heavy atom. The van der Waals surface area contributed by atoms with E-state index in [0.29, 0.717) is 6.42 Å². The normalized spacial score (nSPS) is 27.6. The summed E-state index contributed by atoms with van der Waals surface area (Å²) in [6, 6.07) is 0. The molecule has 2 heterocycles. The molecule has 0 radical (unpaired) electrons. The quantitative estimate of drug-likeness (QED) is 0.503. The first-order chi connectivity index (χ1) is 8.52. The first kappa shape index (κ1) is 12.8. The lowest BCUT2D eigenvalue weighted by molar-refractivity contribution is -0.0261. The zero-order valence-electron chi connectivity index (χ0n) is 9.56. The molecule has 100 valence electrons. The molecule has 8 nitrogen and oxygen atoms in total. The lowest BCUT2D eigenvalue weighted by Gasteiger charge is -2.12. The maximum Gasteiger partial charge on any atom is 0.272 e. The fourth-order valence-electron chi connectivity index (χ4n) is 2.00. The van der Waals surface area contributed by atoms with Crippen molar-refractivity contribution in [1.29, 1.82) is 0 Å². The molecule has 18 heavy (non-hydrogen) atoms. The summed E-state index contributed by atoms with van der Waals surface area (Å²) in [7, 11) is 0. The van der Waals surface area contributed by atoms with Crippen molar-refractivity contribution in [2.24, 2.45) is 5.73 Å². The summed E-state index contributed by atoms with van der Waals surface area (Å²) in [5.41, 5.74) is 4.82. The van der Waals surface area contributed by atoms with Crippen LogP contribution in [0.25, 0.3) is 0 Å². The van der Waals surface area contributed by atoms with E-state index in [1.54, 1.807) is 0 Å². The van der Waals surface area contributed by atoms with Crippen LogP contribution in [0.15, 0.2) is 6.33 Å². The first-order valence-electron chi connectivity index (χ1n) is 5.51. The number of aromatic hydroxyl groups is 1. The van der Waals surface area contributed by atoms with Gasteiger partial charge in [-0.15, -0.1) is 0 Å². The van der Waals surface area contributed by atoms with Crippen molar-refractivity contribution in [3.8, 4) is 5.88 Å². The Morgan fingerprint density at radius 3 is 2.89 bits per heavy atom. The third-order valence-electron chi connectivity index (χ3n) is 2.92. The van der Waals surface area contributed by atoms with Crippen LogP contribution in [0, 0.1) is 0 Å². The molecule has 0 spiro atoms. The van der Waals surface area contributed by atoms with E-state index in [-0.39, 0.29) is 30.8 Å². The molecule has 1 amide bonds. The molecule has 5 N–H and O–H groups in total. The molecule has 1 fully saturated rings. The van der Waals surface area contributed by atoms with Gasteiger partial charge in [-0.1, -0.05) is 0 Å². The number of ether oxygens (including phenoxy) is 1. The van der Waals surface area contributed by atoms with E-state index in [1.807, 2.05) is 0 Å². The number of amides is 1. The summed E-state index contributed by atoms with van der Waals surface area (Å²) < 4.78 is 6.69. The third kappa shape index (κ3) is 2.30.